The maximum Gasteiger partial charge on any atom is 0.251 e. The van der Waals surface area contributed by atoms with Crippen LogP contribution < -0.4 is 5.32 Å². The molecule has 2 rings (SSSR count). The van der Waals surface area contributed by atoms with Crippen molar-refractivity contribution >= 4 is 23.4 Å². The number of nitrogens with one attached hydrogen (secondary N) is 1. The maximum atomic E-state index is 12.3. The second-order valence-corrected chi connectivity index (χ2v) is 7.38. The molecule has 1 aromatic rings. The average molecular weight is 366 g/mol. The number of piperazine rings is 1. The molecular weight excluding hydrogens is 338 g/mol. The summed E-state index contributed by atoms with van der Waals surface area (Å²) in [6, 6.07) is 6.77. The van der Waals surface area contributed by atoms with E-state index < -0.39 is 0 Å². The van der Waals surface area contributed by atoms with Crippen LogP contribution in [-0.2, 0) is 4.79 Å². The van der Waals surface area contributed by atoms with E-state index in [0.717, 1.165) is 32.7 Å². The average Bonchev–Trinajstić information content (AvgIpc) is 2.59. The van der Waals surface area contributed by atoms with Crippen LogP contribution in [0.25, 0.3) is 0 Å². The summed E-state index contributed by atoms with van der Waals surface area (Å²) in [4.78, 5) is 28.6. The Balaban J connectivity index is 1.62. The van der Waals surface area contributed by atoms with E-state index in [1.807, 2.05) is 4.90 Å². The number of nitrogens with zero attached hydrogens (tertiary/aromatic N) is 2. The first kappa shape index (κ1) is 19.7. The highest BCUT2D eigenvalue weighted by Gasteiger charge is 2.20. The van der Waals surface area contributed by atoms with E-state index in [2.05, 4.69) is 24.1 Å². The van der Waals surface area contributed by atoms with E-state index in [1.54, 1.807) is 24.3 Å². The van der Waals surface area contributed by atoms with Gasteiger partial charge in [-0.2, -0.15) is 0 Å². The van der Waals surface area contributed by atoms with Crippen LogP contribution in [0.4, 0.5) is 0 Å². The largest absolute Gasteiger partial charge is 0.352 e. The van der Waals surface area contributed by atoms with Gasteiger partial charge in [0.15, 0.2) is 0 Å². The van der Waals surface area contributed by atoms with Crippen LogP contribution in [0.3, 0.4) is 0 Å². The minimum atomic E-state index is -0.133. The summed E-state index contributed by atoms with van der Waals surface area (Å²) in [5, 5.41) is 3.45. The molecule has 6 heteroatoms. The van der Waals surface area contributed by atoms with Gasteiger partial charge in [0.25, 0.3) is 5.91 Å². The molecule has 1 saturated heterocycles. The van der Waals surface area contributed by atoms with Gasteiger partial charge >= 0.3 is 0 Å². The summed E-state index contributed by atoms with van der Waals surface area (Å²) in [6.45, 7) is 9.56. The van der Waals surface area contributed by atoms with Gasteiger partial charge in [-0.25, -0.2) is 0 Å². The number of hydrogen-bond acceptors (Lipinski definition) is 3. The third kappa shape index (κ3) is 6.67. The Morgan fingerprint density at radius 2 is 1.76 bits per heavy atom. The molecule has 138 valence electrons. The molecule has 1 aromatic carbocycles. The van der Waals surface area contributed by atoms with E-state index in [4.69, 9.17) is 11.6 Å². The minimum Gasteiger partial charge on any atom is -0.352 e. The molecule has 1 aliphatic rings. The number of amides is 2. The van der Waals surface area contributed by atoms with Gasteiger partial charge in [-0.3, -0.25) is 14.5 Å². The molecule has 25 heavy (non-hydrogen) atoms. The van der Waals surface area contributed by atoms with Crippen LogP contribution in [0.15, 0.2) is 24.3 Å². The summed E-state index contributed by atoms with van der Waals surface area (Å²) in [6.07, 6.45) is 1.13. The predicted molar refractivity (Wildman–Crippen MR) is 101 cm³/mol. The number of carbonyl (C=O) groups is 2. The van der Waals surface area contributed by atoms with Crippen LogP contribution in [0.1, 0.15) is 37.0 Å². The summed E-state index contributed by atoms with van der Waals surface area (Å²) in [7, 11) is 0. The molecule has 0 saturated carbocycles. The topological polar surface area (TPSA) is 52.6 Å². The van der Waals surface area contributed by atoms with Crippen molar-refractivity contribution in [3.63, 3.8) is 0 Å². The molecule has 5 nitrogen and oxygen atoms in total. The number of rotatable bonds is 7. The van der Waals surface area contributed by atoms with Crippen molar-refractivity contribution in [3.05, 3.63) is 34.9 Å². The Hall–Kier alpha value is -1.59. The van der Waals surface area contributed by atoms with Gasteiger partial charge in [0.1, 0.15) is 0 Å². The SMILES string of the molecule is CC(C)CN1CCN(C(=O)CCCNC(=O)c2ccc(Cl)cc2)CC1. The van der Waals surface area contributed by atoms with Crippen molar-refractivity contribution in [2.24, 2.45) is 5.92 Å². The van der Waals surface area contributed by atoms with Crippen LogP contribution in [0.5, 0.6) is 0 Å². The number of hydrogen-bond donors (Lipinski definition) is 1. The molecule has 1 heterocycles. The zero-order valence-corrected chi connectivity index (χ0v) is 15.9. The lowest BCUT2D eigenvalue weighted by Gasteiger charge is -2.35. The summed E-state index contributed by atoms with van der Waals surface area (Å²) in [5.74, 6) is 0.711. The predicted octanol–water partition coefficient (Wildman–Crippen LogP) is 2.65. The zero-order chi connectivity index (χ0) is 18.2. The Labute approximate surface area is 155 Å². The van der Waals surface area contributed by atoms with Crippen LogP contribution in [-0.4, -0.2) is 60.9 Å². The van der Waals surface area contributed by atoms with Crippen LogP contribution in [0.2, 0.25) is 5.02 Å². The van der Waals surface area contributed by atoms with Gasteiger partial charge in [0.05, 0.1) is 0 Å². The zero-order valence-electron chi connectivity index (χ0n) is 15.1. The van der Waals surface area contributed by atoms with E-state index >= 15 is 0 Å². The molecular formula is C19H28ClN3O2. The van der Waals surface area contributed by atoms with E-state index in [9.17, 15) is 9.59 Å². The second-order valence-electron chi connectivity index (χ2n) is 6.94. The normalized spacial score (nSPS) is 15.4. The highest BCUT2D eigenvalue weighted by Crippen LogP contribution is 2.10. The van der Waals surface area contributed by atoms with E-state index in [0.29, 0.717) is 35.9 Å². The molecule has 0 unspecified atom stereocenters. The van der Waals surface area contributed by atoms with Crippen molar-refractivity contribution < 1.29 is 9.59 Å². The lowest BCUT2D eigenvalue weighted by atomic mass is 10.2. The van der Waals surface area contributed by atoms with Crippen molar-refractivity contribution in [2.45, 2.75) is 26.7 Å². The van der Waals surface area contributed by atoms with Gasteiger partial charge in [-0.15, -0.1) is 0 Å². The number of benzene rings is 1. The summed E-state index contributed by atoms with van der Waals surface area (Å²) < 4.78 is 0. The quantitative estimate of drug-likeness (QED) is 0.756. The first-order valence-corrected chi connectivity index (χ1v) is 9.37. The van der Waals surface area contributed by atoms with Crippen molar-refractivity contribution in [3.8, 4) is 0 Å². The standard InChI is InChI=1S/C19H28ClN3O2/c1-15(2)14-22-10-12-23(13-11-22)18(24)4-3-9-21-19(25)16-5-7-17(20)8-6-16/h5-8,15H,3-4,9-14H2,1-2H3,(H,21,25). The number of halogens is 1. The monoisotopic (exact) mass is 365 g/mol. The molecule has 0 spiro atoms. The highest BCUT2D eigenvalue weighted by atomic mass is 35.5. The summed E-state index contributed by atoms with van der Waals surface area (Å²) in [5.41, 5.74) is 0.581. The Morgan fingerprint density at radius 1 is 1.12 bits per heavy atom. The Kier molecular flexibility index (Phi) is 7.72. The van der Waals surface area contributed by atoms with Crippen LogP contribution in [0, 0.1) is 5.92 Å². The lowest BCUT2D eigenvalue weighted by molar-refractivity contribution is -0.133. The Bertz CT molecular complexity index is 567. The fraction of sp³-hybridized carbons (Fsp3) is 0.579. The van der Waals surface area contributed by atoms with Crippen molar-refractivity contribution in [2.75, 3.05) is 39.3 Å². The van der Waals surface area contributed by atoms with Gasteiger partial charge in [-0.05, 0) is 36.6 Å². The Morgan fingerprint density at radius 3 is 2.36 bits per heavy atom. The third-order valence-corrected chi connectivity index (χ3v) is 4.56. The van der Waals surface area contributed by atoms with Gasteiger partial charge in [-0.1, -0.05) is 25.4 Å². The first-order valence-electron chi connectivity index (χ1n) is 8.99. The molecule has 0 bridgehead atoms. The smallest absolute Gasteiger partial charge is 0.251 e. The molecule has 0 aromatic heterocycles. The molecule has 2 amide bonds. The maximum absolute atomic E-state index is 12.3. The first-order chi connectivity index (χ1) is 12.0. The molecule has 1 aliphatic heterocycles. The van der Waals surface area contributed by atoms with Crippen molar-refractivity contribution in [1.82, 2.24) is 15.1 Å². The molecule has 0 atom stereocenters. The van der Waals surface area contributed by atoms with Crippen LogP contribution >= 0.6 is 11.6 Å². The summed E-state index contributed by atoms with van der Waals surface area (Å²) >= 11 is 5.81. The molecule has 1 N–H and O–H groups in total. The molecule has 1 fully saturated rings. The van der Waals surface area contributed by atoms with E-state index in [1.165, 1.54) is 0 Å². The third-order valence-electron chi connectivity index (χ3n) is 4.31. The lowest BCUT2D eigenvalue weighted by Crippen LogP contribution is -2.49. The van der Waals surface area contributed by atoms with Gasteiger partial charge in [0.2, 0.25) is 5.91 Å². The number of carbonyl (C=O) groups excluding carboxylic acids is 2. The highest BCUT2D eigenvalue weighted by molar-refractivity contribution is 6.30. The van der Waals surface area contributed by atoms with Gasteiger partial charge in [0, 0.05) is 56.3 Å². The molecule has 0 aliphatic carbocycles. The molecule has 0 radical (unpaired) electrons. The fourth-order valence-electron chi connectivity index (χ4n) is 3.00. The second kappa shape index (κ2) is 9.78. The fourth-order valence-corrected chi connectivity index (χ4v) is 3.13. The van der Waals surface area contributed by atoms with Gasteiger partial charge < -0.3 is 10.2 Å². The van der Waals surface area contributed by atoms with E-state index in [-0.39, 0.29) is 11.8 Å². The minimum absolute atomic E-state index is 0.133. The van der Waals surface area contributed by atoms with Crippen molar-refractivity contribution in [1.29, 1.82) is 0 Å².